The molecule has 3 N–H and O–H groups in total. The second-order valence-corrected chi connectivity index (χ2v) is 5.37. The van der Waals surface area contributed by atoms with E-state index in [2.05, 4.69) is 17.1 Å². The number of nitrogens with zero attached hydrogens (tertiary/aromatic N) is 1. The Balaban J connectivity index is 1.90. The van der Waals surface area contributed by atoms with Crippen LogP contribution in [0.25, 0.3) is 0 Å². The Morgan fingerprint density at radius 3 is 2.78 bits per heavy atom. The van der Waals surface area contributed by atoms with Crippen LogP contribution >= 0.6 is 11.6 Å². The van der Waals surface area contributed by atoms with Crippen molar-refractivity contribution in [2.45, 2.75) is 32.2 Å². The summed E-state index contributed by atoms with van der Waals surface area (Å²) < 4.78 is 0. The molecule has 1 aliphatic rings. The van der Waals surface area contributed by atoms with Gasteiger partial charge in [-0.05, 0) is 37.9 Å². The first-order valence-electron chi connectivity index (χ1n) is 6.73. The van der Waals surface area contributed by atoms with Crippen molar-refractivity contribution in [1.29, 1.82) is 0 Å². The van der Waals surface area contributed by atoms with Crippen molar-refractivity contribution in [3.63, 3.8) is 0 Å². The van der Waals surface area contributed by atoms with Crippen molar-refractivity contribution in [3.8, 4) is 0 Å². The molecule has 1 aromatic carbocycles. The zero-order valence-electron chi connectivity index (χ0n) is 11.0. The van der Waals surface area contributed by atoms with Gasteiger partial charge in [-0.2, -0.15) is 0 Å². The second-order valence-electron chi connectivity index (χ2n) is 4.96. The van der Waals surface area contributed by atoms with Gasteiger partial charge in [0.1, 0.15) is 0 Å². The Bertz CT molecular complexity index is 387. The molecule has 0 saturated carbocycles. The van der Waals surface area contributed by atoms with Crippen molar-refractivity contribution >= 4 is 23.0 Å². The molecule has 0 radical (unpaired) electrons. The third-order valence-electron chi connectivity index (χ3n) is 3.54. The van der Waals surface area contributed by atoms with Gasteiger partial charge in [0.05, 0.1) is 16.4 Å². The van der Waals surface area contributed by atoms with Crippen LogP contribution in [0.5, 0.6) is 0 Å². The highest BCUT2D eigenvalue weighted by molar-refractivity contribution is 6.33. The minimum atomic E-state index is 0.513. The molecule has 0 unspecified atom stereocenters. The summed E-state index contributed by atoms with van der Waals surface area (Å²) in [6.07, 6.45) is 3.58. The predicted molar refractivity (Wildman–Crippen MR) is 79.2 cm³/mol. The molecule has 1 aliphatic heterocycles. The highest BCUT2D eigenvalue weighted by Gasteiger charge is 2.19. The molecule has 100 valence electrons. The topological polar surface area (TPSA) is 41.3 Å². The van der Waals surface area contributed by atoms with Gasteiger partial charge < -0.3 is 16.0 Å². The normalized spacial score (nSPS) is 17.9. The molecule has 0 aliphatic carbocycles. The molecule has 0 amide bonds. The number of hydrogen-bond donors (Lipinski definition) is 2. The molecule has 1 aromatic rings. The van der Waals surface area contributed by atoms with Crippen LogP contribution < -0.4 is 11.1 Å². The van der Waals surface area contributed by atoms with Crippen LogP contribution in [0.15, 0.2) is 18.2 Å². The number of rotatable bonds is 4. The van der Waals surface area contributed by atoms with Crippen LogP contribution in [0.4, 0.5) is 11.4 Å². The molecule has 0 atom stereocenters. The average molecular weight is 268 g/mol. The fourth-order valence-corrected chi connectivity index (χ4v) is 2.67. The molecular formula is C14H22ClN3. The minimum absolute atomic E-state index is 0.513. The standard InChI is InChI=1S/C14H22ClN3/c1-2-8-18-9-6-11(7-10-18)17-13-5-3-4-12(15)14(13)16/h3-5,11,17H,2,6-10,16H2,1H3. The fraction of sp³-hybridized carbons (Fsp3) is 0.571. The third-order valence-corrected chi connectivity index (χ3v) is 3.87. The lowest BCUT2D eigenvalue weighted by Crippen LogP contribution is -2.39. The van der Waals surface area contributed by atoms with Crippen LogP contribution in [0.3, 0.4) is 0 Å². The first-order valence-corrected chi connectivity index (χ1v) is 7.11. The summed E-state index contributed by atoms with van der Waals surface area (Å²) in [5, 5.41) is 4.14. The van der Waals surface area contributed by atoms with Crippen molar-refractivity contribution in [2.75, 3.05) is 30.7 Å². The number of para-hydroxylation sites is 1. The summed E-state index contributed by atoms with van der Waals surface area (Å²) in [5.41, 5.74) is 7.60. The number of piperidine rings is 1. The SMILES string of the molecule is CCCN1CCC(Nc2cccc(Cl)c2N)CC1. The summed E-state index contributed by atoms with van der Waals surface area (Å²) in [5.74, 6) is 0. The van der Waals surface area contributed by atoms with Gasteiger partial charge in [0.2, 0.25) is 0 Å². The van der Waals surface area contributed by atoms with Crippen molar-refractivity contribution in [3.05, 3.63) is 23.2 Å². The number of benzene rings is 1. The lowest BCUT2D eigenvalue weighted by molar-refractivity contribution is 0.219. The highest BCUT2D eigenvalue weighted by Crippen LogP contribution is 2.28. The minimum Gasteiger partial charge on any atom is -0.396 e. The molecule has 0 bridgehead atoms. The van der Waals surface area contributed by atoms with E-state index in [0.717, 1.165) is 5.69 Å². The summed E-state index contributed by atoms with van der Waals surface area (Å²) in [6, 6.07) is 6.28. The van der Waals surface area contributed by atoms with E-state index < -0.39 is 0 Å². The van der Waals surface area contributed by atoms with Gasteiger partial charge in [0.15, 0.2) is 0 Å². The lowest BCUT2D eigenvalue weighted by atomic mass is 10.0. The Kier molecular flexibility index (Phi) is 4.72. The Hall–Kier alpha value is -0.930. The Morgan fingerprint density at radius 1 is 1.39 bits per heavy atom. The largest absolute Gasteiger partial charge is 0.396 e. The van der Waals surface area contributed by atoms with E-state index >= 15 is 0 Å². The third kappa shape index (κ3) is 3.30. The summed E-state index contributed by atoms with van der Waals surface area (Å²) in [4.78, 5) is 2.53. The second kappa shape index (κ2) is 6.30. The number of nitrogen functional groups attached to an aromatic ring is 1. The fourth-order valence-electron chi connectivity index (χ4n) is 2.50. The van der Waals surface area contributed by atoms with Gasteiger partial charge >= 0.3 is 0 Å². The molecule has 1 saturated heterocycles. The molecule has 1 heterocycles. The smallest absolute Gasteiger partial charge is 0.0739 e. The molecule has 4 heteroatoms. The number of halogens is 1. The Morgan fingerprint density at radius 2 is 2.11 bits per heavy atom. The number of anilines is 2. The summed E-state index contributed by atoms with van der Waals surface area (Å²) >= 11 is 6.02. The number of nitrogens with two attached hydrogens (primary N) is 1. The maximum Gasteiger partial charge on any atom is 0.0739 e. The highest BCUT2D eigenvalue weighted by atomic mass is 35.5. The molecule has 1 fully saturated rings. The quantitative estimate of drug-likeness (QED) is 0.823. The van der Waals surface area contributed by atoms with Crippen molar-refractivity contribution in [1.82, 2.24) is 4.90 Å². The van der Waals surface area contributed by atoms with Crippen molar-refractivity contribution in [2.24, 2.45) is 0 Å². The van der Waals surface area contributed by atoms with E-state index in [4.69, 9.17) is 17.3 Å². The van der Waals surface area contributed by atoms with Gasteiger partial charge in [-0.3, -0.25) is 0 Å². The number of hydrogen-bond acceptors (Lipinski definition) is 3. The van der Waals surface area contributed by atoms with Gasteiger partial charge in [-0.1, -0.05) is 24.6 Å². The van der Waals surface area contributed by atoms with E-state index in [1.165, 1.54) is 38.9 Å². The summed E-state index contributed by atoms with van der Waals surface area (Å²) in [6.45, 7) is 5.79. The first-order chi connectivity index (χ1) is 8.70. The number of nitrogens with one attached hydrogen (secondary N) is 1. The van der Waals surface area contributed by atoms with Crippen LogP contribution in [-0.2, 0) is 0 Å². The maximum atomic E-state index is 6.02. The van der Waals surface area contributed by atoms with Crippen LogP contribution in [0.2, 0.25) is 5.02 Å². The Labute approximate surface area is 114 Å². The molecule has 3 nitrogen and oxygen atoms in total. The summed E-state index contributed by atoms with van der Waals surface area (Å²) in [7, 11) is 0. The zero-order valence-corrected chi connectivity index (χ0v) is 11.7. The van der Waals surface area contributed by atoms with Gasteiger partial charge in [-0.25, -0.2) is 0 Å². The molecule has 2 rings (SSSR count). The lowest BCUT2D eigenvalue weighted by Gasteiger charge is -2.32. The molecule has 0 aromatic heterocycles. The van der Waals surface area contributed by atoms with Crippen LogP contribution in [0, 0.1) is 0 Å². The van der Waals surface area contributed by atoms with Gasteiger partial charge in [0, 0.05) is 19.1 Å². The van der Waals surface area contributed by atoms with E-state index in [9.17, 15) is 0 Å². The van der Waals surface area contributed by atoms with E-state index in [1.54, 1.807) is 0 Å². The molecule has 0 spiro atoms. The van der Waals surface area contributed by atoms with Gasteiger partial charge in [0.25, 0.3) is 0 Å². The van der Waals surface area contributed by atoms with Crippen molar-refractivity contribution < 1.29 is 0 Å². The van der Waals surface area contributed by atoms with Crippen LogP contribution in [0.1, 0.15) is 26.2 Å². The molecular weight excluding hydrogens is 246 g/mol. The first kappa shape index (κ1) is 13.5. The predicted octanol–water partition coefficient (Wildman–Crippen LogP) is 3.21. The maximum absolute atomic E-state index is 6.02. The molecule has 18 heavy (non-hydrogen) atoms. The number of likely N-dealkylation sites (tertiary alicyclic amines) is 1. The van der Waals surface area contributed by atoms with E-state index in [-0.39, 0.29) is 0 Å². The zero-order chi connectivity index (χ0) is 13.0. The van der Waals surface area contributed by atoms with E-state index in [0.29, 0.717) is 16.8 Å². The van der Waals surface area contributed by atoms with Gasteiger partial charge in [-0.15, -0.1) is 0 Å². The monoisotopic (exact) mass is 267 g/mol. The average Bonchev–Trinajstić information content (AvgIpc) is 2.38. The van der Waals surface area contributed by atoms with Crippen LogP contribution in [-0.4, -0.2) is 30.6 Å². The van der Waals surface area contributed by atoms with E-state index in [1.807, 2.05) is 18.2 Å².